The number of sulfonamides is 1. The summed E-state index contributed by atoms with van der Waals surface area (Å²) in [6.45, 7) is 1.97. The minimum atomic E-state index is -3.59. The van der Waals surface area contributed by atoms with Crippen LogP contribution < -0.4 is 10.0 Å². The van der Waals surface area contributed by atoms with Crippen LogP contribution in [-0.2, 0) is 10.0 Å². The van der Waals surface area contributed by atoms with Gasteiger partial charge < -0.3 is 5.32 Å². The second-order valence-electron chi connectivity index (χ2n) is 3.83. The van der Waals surface area contributed by atoms with Crippen LogP contribution in [0.2, 0.25) is 8.67 Å². The molecule has 0 fully saturated rings. The molecule has 2 rings (SSSR count). The third-order valence-corrected chi connectivity index (χ3v) is 5.72. The van der Waals surface area contributed by atoms with Gasteiger partial charge in [0.05, 0.1) is 4.34 Å². The van der Waals surface area contributed by atoms with Gasteiger partial charge in [-0.15, -0.1) is 11.3 Å². The van der Waals surface area contributed by atoms with Crippen molar-refractivity contribution in [3.8, 4) is 0 Å². The molecule has 2 heterocycles. The Morgan fingerprint density at radius 1 is 1.44 bits per heavy atom. The van der Waals surface area contributed by atoms with E-state index in [9.17, 15) is 8.42 Å². The first-order valence-electron chi connectivity index (χ1n) is 5.32. The molecule has 0 saturated heterocycles. The number of rotatable bonds is 4. The highest BCUT2D eigenvalue weighted by Gasteiger charge is 2.21. The van der Waals surface area contributed by atoms with Crippen LogP contribution in [0.15, 0.2) is 22.6 Å². The minimum Gasteiger partial charge on any atom is -0.313 e. The van der Waals surface area contributed by atoms with Crippen molar-refractivity contribution >= 4 is 44.6 Å². The summed E-state index contributed by atoms with van der Waals surface area (Å²) in [6, 6.07) is 1.37. The van der Waals surface area contributed by atoms with Crippen LogP contribution >= 0.6 is 34.5 Å². The molecule has 1 aliphatic rings. The zero-order chi connectivity index (χ0) is 13.2. The van der Waals surface area contributed by atoms with Crippen LogP contribution in [0.4, 0.5) is 0 Å². The second kappa shape index (κ2) is 5.90. The van der Waals surface area contributed by atoms with E-state index in [0.717, 1.165) is 36.4 Å². The van der Waals surface area contributed by atoms with Crippen molar-refractivity contribution in [2.75, 3.05) is 19.6 Å². The zero-order valence-corrected chi connectivity index (χ0v) is 12.5. The van der Waals surface area contributed by atoms with Gasteiger partial charge in [0.25, 0.3) is 0 Å². The fourth-order valence-corrected chi connectivity index (χ4v) is 4.79. The Morgan fingerprint density at radius 2 is 2.22 bits per heavy atom. The summed E-state index contributed by atoms with van der Waals surface area (Å²) in [5, 5.41) is 3.17. The Bertz CT molecular complexity index is 566. The predicted molar refractivity (Wildman–Crippen MR) is 75.1 cm³/mol. The van der Waals surface area contributed by atoms with E-state index in [4.69, 9.17) is 23.2 Å². The van der Waals surface area contributed by atoms with Crippen molar-refractivity contribution in [2.24, 2.45) is 0 Å². The van der Waals surface area contributed by atoms with E-state index >= 15 is 0 Å². The first kappa shape index (κ1) is 14.3. The molecule has 4 nitrogen and oxygen atoms in total. The van der Waals surface area contributed by atoms with Gasteiger partial charge in [0.15, 0.2) is 0 Å². The van der Waals surface area contributed by atoms with Crippen LogP contribution in [0, 0.1) is 0 Å². The molecule has 1 aliphatic heterocycles. The lowest BCUT2D eigenvalue weighted by atomic mass is 10.1. The van der Waals surface area contributed by atoms with Gasteiger partial charge in [0.1, 0.15) is 9.23 Å². The summed E-state index contributed by atoms with van der Waals surface area (Å²) in [6.07, 6.45) is 2.84. The van der Waals surface area contributed by atoms with Crippen molar-refractivity contribution in [1.29, 1.82) is 0 Å². The average Bonchev–Trinajstić information content (AvgIpc) is 2.68. The fourth-order valence-electron chi connectivity index (χ4n) is 1.60. The second-order valence-corrected chi connectivity index (χ2v) is 7.85. The third kappa shape index (κ3) is 3.46. The van der Waals surface area contributed by atoms with Crippen molar-refractivity contribution in [1.82, 2.24) is 10.0 Å². The Labute approximate surface area is 120 Å². The Kier molecular flexibility index (Phi) is 4.69. The van der Waals surface area contributed by atoms with Crippen LogP contribution in [0.3, 0.4) is 0 Å². The van der Waals surface area contributed by atoms with Crippen LogP contribution in [-0.4, -0.2) is 28.1 Å². The van der Waals surface area contributed by atoms with Gasteiger partial charge in [0, 0.05) is 13.1 Å². The maximum atomic E-state index is 12.0. The molecule has 0 saturated carbocycles. The zero-order valence-electron chi connectivity index (χ0n) is 9.37. The van der Waals surface area contributed by atoms with Gasteiger partial charge in [-0.2, -0.15) is 0 Å². The van der Waals surface area contributed by atoms with Crippen LogP contribution in [0.25, 0.3) is 0 Å². The molecule has 0 bridgehead atoms. The predicted octanol–water partition coefficient (Wildman–Crippen LogP) is 2.25. The number of halogens is 2. The van der Waals surface area contributed by atoms with Crippen molar-refractivity contribution in [3.05, 3.63) is 26.4 Å². The summed E-state index contributed by atoms with van der Waals surface area (Å²) < 4.78 is 27.1. The summed E-state index contributed by atoms with van der Waals surface area (Å²) >= 11 is 12.6. The molecule has 1 aromatic rings. The number of hydrogen-bond donors (Lipinski definition) is 2. The molecule has 100 valence electrons. The smallest absolute Gasteiger partial charge is 0.243 e. The van der Waals surface area contributed by atoms with Gasteiger partial charge in [-0.05, 0) is 19.0 Å². The van der Waals surface area contributed by atoms with Crippen LogP contribution in [0.5, 0.6) is 0 Å². The molecule has 0 atom stereocenters. The Morgan fingerprint density at radius 3 is 2.78 bits per heavy atom. The highest BCUT2D eigenvalue weighted by atomic mass is 35.5. The van der Waals surface area contributed by atoms with Crippen molar-refractivity contribution in [3.63, 3.8) is 0 Å². The van der Waals surface area contributed by atoms with E-state index in [1.54, 1.807) is 0 Å². The molecular formula is C10H12Cl2N2O2S2. The SMILES string of the molecule is O=S(=O)(NCC1=CCNCC1)c1cc(Cl)sc1Cl. The van der Waals surface area contributed by atoms with Crippen LogP contribution in [0.1, 0.15) is 6.42 Å². The first-order chi connectivity index (χ1) is 8.49. The maximum absolute atomic E-state index is 12.0. The van der Waals surface area contributed by atoms with E-state index < -0.39 is 10.0 Å². The lowest BCUT2D eigenvalue weighted by Gasteiger charge is -2.14. The topological polar surface area (TPSA) is 58.2 Å². The lowest BCUT2D eigenvalue weighted by Crippen LogP contribution is -2.29. The molecule has 0 radical (unpaired) electrons. The first-order valence-corrected chi connectivity index (χ1v) is 8.38. The molecule has 0 amide bonds. The Balaban J connectivity index is 2.08. The monoisotopic (exact) mass is 326 g/mol. The van der Waals surface area contributed by atoms with Crippen molar-refractivity contribution in [2.45, 2.75) is 11.3 Å². The largest absolute Gasteiger partial charge is 0.313 e. The molecule has 0 unspecified atom stereocenters. The fraction of sp³-hybridized carbons (Fsp3) is 0.400. The summed E-state index contributed by atoms with van der Waals surface area (Å²) in [5.41, 5.74) is 1.08. The van der Waals surface area contributed by atoms with E-state index in [-0.39, 0.29) is 9.23 Å². The van der Waals surface area contributed by atoms with Gasteiger partial charge in [-0.1, -0.05) is 34.9 Å². The van der Waals surface area contributed by atoms with Gasteiger partial charge in [0.2, 0.25) is 10.0 Å². The molecule has 8 heteroatoms. The molecule has 0 spiro atoms. The van der Waals surface area contributed by atoms with Gasteiger partial charge >= 0.3 is 0 Å². The number of hydrogen-bond acceptors (Lipinski definition) is 4. The minimum absolute atomic E-state index is 0.0497. The van der Waals surface area contributed by atoms with E-state index in [0.29, 0.717) is 10.9 Å². The standard InChI is InChI=1S/C10H12Cl2N2O2S2/c11-9-5-8(10(12)17-9)18(15,16)14-6-7-1-3-13-4-2-7/h1,5,13-14H,2-4,6H2. The van der Waals surface area contributed by atoms with Gasteiger partial charge in [-0.3, -0.25) is 0 Å². The quantitative estimate of drug-likeness (QED) is 0.834. The Hall–Kier alpha value is -0.110. The summed E-state index contributed by atoms with van der Waals surface area (Å²) in [7, 11) is -3.59. The summed E-state index contributed by atoms with van der Waals surface area (Å²) in [5.74, 6) is 0. The lowest BCUT2D eigenvalue weighted by molar-refractivity contribution is 0.582. The molecule has 0 aliphatic carbocycles. The average molecular weight is 327 g/mol. The normalized spacial score (nSPS) is 16.7. The highest BCUT2D eigenvalue weighted by molar-refractivity contribution is 7.89. The molecular weight excluding hydrogens is 315 g/mol. The number of nitrogens with one attached hydrogen (secondary N) is 2. The number of thiophene rings is 1. The van der Waals surface area contributed by atoms with Crippen molar-refractivity contribution < 1.29 is 8.42 Å². The molecule has 1 aromatic heterocycles. The summed E-state index contributed by atoms with van der Waals surface area (Å²) in [4.78, 5) is 0.0497. The van der Waals surface area contributed by atoms with E-state index in [2.05, 4.69) is 10.0 Å². The van der Waals surface area contributed by atoms with Gasteiger partial charge in [-0.25, -0.2) is 13.1 Å². The van der Waals surface area contributed by atoms with E-state index in [1.165, 1.54) is 6.07 Å². The molecule has 2 N–H and O–H groups in total. The van der Waals surface area contributed by atoms with E-state index in [1.807, 2.05) is 6.08 Å². The molecule has 0 aromatic carbocycles. The maximum Gasteiger partial charge on any atom is 0.243 e. The molecule has 18 heavy (non-hydrogen) atoms. The third-order valence-electron chi connectivity index (χ3n) is 2.56. The highest BCUT2D eigenvalue weighted by Crippen LogP contribution is 2.34.